The Morgan fingerprint density at radius 2 is 1.60 bits per heavy atom. The Bertz CT molecular complexity index is 1070. The molecule has 1 aromatic carbocycles. The van der Waals surface area contributed by atoms with Gasteiger partial charge in [0.05, 0.1) is 25.6 Å². The van der Waals surface area contributed by atoms with Gasteiger partial charge in [-0.2, -0.15) is 13.2 Å². The molecule has 7 heteroatoms. The number of hydrogen-bond donors (Lipinski definition) is 0. The van der Waals surface area contributed by atoms with Crippen LogP contribution in [0.2, 0.25) is 0 Å². The zero-order chi connectivity index (χ0) is 30.3. The number of carbonyl (C=O) groups is 1. The molecule has 0 saturated heterocycles. The maximum absolute atomic E-state index is 14.3. The van der Waals surface area contributed by atoms with Gasteiger partial charge in [0.1, 0.15) is 18.1 Å². The third-order valence-electron chi connectivity index (χ3n) is 9.58. The summed E-state index contributed by atoms with van der Waals surface area (Å²) in [5.41, 5.74) is 0.671. The van der Waals surface area contributed by atoms with E-state index in [4.69, 9.17) is 14.2 Å². The Morgan fingerprint density at radius 1 is 1.02 bits per heavy atom. The lowest BCUT2D eigenvalue weighted by atomic mass is 9.45. The van der Waals surface area contributed by atoms with Gasteiger partial charge in [0, 0.05) is 16.9 Å². The minimum absolute atomic E-state index is 0.0302. The van der Waals surface area contributed by atoms with E-state index in [2.05, 4.69) is 19.9 Å². The van der Waals surface area contributed by atoms with Gasteiger partial charge in [-0.25, -0.2) is 0 Å². The molecule has 0 unspecified atom stereocenters. The normalized spacial score (nSPS) is 23.1. The topological polar surface area (TPSA) is 44.8 Å². The number of alkyl halides is 3. The lowest BCUT2D eigenvalue weighted by Gasteiger charge is -2.59. The Balaban J connectivity index is 2.06. The van der Waals surface area contributed by atoms with E-state index in [-0.39, 0.29) is 30.3 Å². The summed E-state index contributed by atoms with van der Waals surface area (Å²) < 4.78 is 60.5. The zero-order valence-corrected chi connectivity index (χ0v) is 26.1. The molecule has 226 valence electrons. The summed E-state index contributed by atoms with van der Waals surface area (Å²) in [6.45, 7) is 15.5. The maximum Gasteiger partial charge on any atom is 0.392 e. The molecule has 0 N–H and O–H groups in total. The number of allylic oxidation sites excluding steroid dienone is 1. The summed E-state index contributed by atoms with van der Waals surface area (Å²) >= 11 is 0. The highest BCUT2D eigenvalue weighted by molar-refractivity contribution is 5.75. The second-order valence-corrected chi connectivity index (χ2v) is 13.9. The standard InChI is InChI=1S/C33H49F3O4/c1-11-12-13-14-27(33(34,35)36)31(5,6)21-16-25(38-9)28(26(17-21)39-10)22-15-20(19-40-29(37)30(2,3)4)23-18-24(22)32(23,7)8/h15-17,22-24,27H,11-14,18-19H2,1-10H3/t22-,23+,24-,27+/m0/s1. The Labute approximate surface area is 239 Å². The number of methoxy groups -OCH3 is 2. The fraction of sp³-hybridized carbons (Fsp3) is 0.727. The first kappa shape index (κ1) is 32.3. The molecule has 3 aliphatic rings. The third kappa shape index (κ3) is 6.18. The lowest BCUT2D eigenvalue weighted by Crippen LogP contribution is -2.52. The van der Waals surface area contributed by atoms with Crippen molar-refractivity contribution >= 4 is 5.97 Å². The van der Waals surface area contributed by atoms with E-state index < -0.39 is 22.9 Å². The first-order valence-corrected chi connectivity index (χ1v) is 14.6. The van der Waals surface area contributed by atoms with E-state index >= 15 is 0 Å². The van der Waals surface area contributed by atoms with Crippen molar-refractivity contribution in [2.75, 3.05) is 20.8 Å². The van der Waals surface area contributed by atoms with Crippen molar-refractivity contribution < 1.29 is 32.2 Å². The molecular weight excluding hydrogens is 517 g/mol. The minimum atomic E-state index is -4.33. The van der Waals surface area contributed by atoms with E-state index in [1.165, 1.54) is 0 Å². The fourth-order valence-electron chi connectivity index (χ4n) is 6.83. The van der Waals surface area contributed by atoms with E-state index in [0.717, 1.165) is 30.4 Å². The van der Waals surface area contributed by atoms with Gasteiger partial charge in [0.15, 0.2) is 0 Å². The van der Waals surface area contributed by atoms with Crippen molar-refractivity contribution in [3.05, 3.63) is 34.9 Å². The van der Waals surface area contributed by atoms with E-state index in [0.29, 0.717) is 35.3 Å². The van der Waals surface area contributed by atoms with Gasteiger partial charge in [-0.15, -0.1) is 0 Å². The predicted molar refractivity (Wildman–Crippen MR) is 153 cm³/mol. The Morgan fingerprint density at radius 3 is 2.05 bits per heavy atom. The highest BCUT2D eigenvalue weighted by atomic mass is 19.4. The van der Waals surface area contributed by atoms with E-state index in [1.807, 2.05) is 27.7 Å². The molecule has 1 aromatic rings. The average molecular weight is 567 g/mol. The van der Waals surface area contributed by atoms with Crippen LogP contribution in [-0.2, 0) is 14.9 Å². The molecule has 3 aliphatic carbocycles. The maximum atomic E-state index is 14.3. The predicted octanol–water partition coefficient (Wildman–Crippen LogP) is 9.02. The van der Waals surface area contributed by atoms with Crippen LogP contribution in [0.25, 0.3) is 0 Å². The van der Waals surface area contributed by atoms with Crippen molar-refractivity contribution in [3.8, 4) is 11.5 Å². The van der Waals surface area contributed by atoms with Gasteiger partial charge >= 0.3 is 12.1 Å². The third-order valence-corrected chi connectivity index (χ3v) is 9.58. The van der Waals surface area contributed by atoms with Crippen LogP contribution in [0.4, 0.5) is 13.2 Å². The van der Waals surface area contributed by atoms with E-state index in [9.17, 15) is 18.0 Å². The zero-order valence-electron chi connectivity index (χ0n) is 26.1. The summed E-state index contributed by atoms with van der Waals surface area (Å²) in [7, 11) is 3.12. The Kier molecular flexibility index (Phi) is 9.38. The second kappa shape index (κ2) is 11.6. The molecule has 1 saturated carbocycles. The van der Waals surface area contributed by atoms with Crippen LogP contribution < -0.4 is 9.47 Å². The van der Waals surface area contributed by atoms with Crippen LogP contribution in [0.1, 0.15) is 105 Å². The van der Waals surface area contributed by atoms with E-state index in [1.54, 1.807) is 40.2 Å². The van der Waals surface area contributed by atoms with Gasteiger partial charge in [0.2, 0.25) is 0 Å². The molecule has 0 amide bonds. The molecule has 4 nitrogen and oxygen atoms in total. The van der Waals surface area contributed by atoms with Crippen LogP contribution in [0.3, 0.4) is 0 Å². The van der Waals surface area contributed by atoms with Crippen LogP contribution in [-0.4, -0.2) is 33.0 Å². The molecule has 4 rings (SSSR count). The number of benzene rings is 1. The Hall–Kier alpha value is -2.18. The number of unbranched alkanes of at least 4 members (excludes halogenated alkanes) is 2. The molecule has 0 aromatic heterocycles. The van der Waals surface area contributed by atoms with Gasteiger partial charge < -0.3 is 14.2 Å². The molecular formula is C33H49F3O4. The number of halogens is 3. The molecule has 0 spiro atoms. The molecule has 0 heterocycles. The first-order chi connectivity index (χ1) is 18.4. The summed E-state index contributed by atoms with van der Waals surface area (Å²) in [6, 6.07) is 3.56. The SMILES string of the molecule is CCCCC[C@@H](C(F)(F)F)C(C)(C)c1cc(OC)c([C@H]2C=C(COC(=O)C(C)(C)C)[C@H]3C[C@@H]2C3(C)C)c(OC)c1. The van der Waals surface area contributed by atoms with Gasteiger partial charge in [-0.3, -0.25) is 4.79 Å². The van der Waals surface area contributed by atoms with Crippen molar-refractivity contribution in [1.29, 1.82) is 0 Å². The number of fused-ring (bicyclic) bond motifs is 1. The monoisotopic (exact) mass is 566 g/mol. The summed E-state index contributed by atoms with van der Waals surface area (Å²) in [5.74, 6) is -0.129. The molecule has 0 aliphatic heterocycles. The fourth-order valence-corrected chi connectivity index (χ4v) is 6.83. The molecule has 40 heavy (non-hydrogen) atoms. The second-order valence-electron chi connectivity index (χ2n) is 13.9. The van der Waals surface area contributed by atoms with Crippen molar-refractivity contribution in [2.45, 2.75) is 105 Å². The lowest BCUT2D eigenvalue weighted by molar-refractivity contribution is -0.193. The van der Waals surface area contributed by atoms with Crippen LogP contribution >= 0.6 is 0 Å². The first-order valence-electron chi connectivity index (χ1n) is 14.6. The number of rotatable bonds is 11. The minimum Gasteiger partial charge on any atom is -0.496 e. The largest absolute Gasteiger partial charge is 0.496 e. The van der Waals surface area contributed by atoms with Crippen LogP contribution in [0.5, 0.6) is 11.5 Å². The smallest absolute Gasteiger partial charge is 0.392 e. The summed E-state index contributed by atoms with van der Waals surface area (Å²) in [4.78, 5) is 12.5. The number of hydrogen-bond acceptors (Lipinski definition) is 4. The quantitative estimate of drug-likeness (QED) is 0.152. The number of esters is 1. The summed E-state index contributed by atoms with van der Waals surface area (Å²) in [6.07, 6.45) is 1.05. The number of ether oxygens (including phenoxy) is 3. The summed E-state index contributed by atoms with van der Waals surface area (Å²) in [5, 5.41) is 0. The molecule has 1 fully saturated rings. The van der Waals surface area contributed by atoms with Gasteiger partial charge in [-0.1, -0.05) is 60.0 Å². The van der Waals surface area contributed by atoms with Crippen LogP contribution in [0.15, 0.2) is 23.8 Å². The van der Waals surface area contributed by atoms with Gasteiger partial charge in [0.25, 0.3) is 0 Å². The van der Waals surface area contributed by atoms with Crippen molar-refractivity contribution in [3.63, 3.8) is 0 Å². The molecule has 4 atom stereocenters. The van der Waals surface area contributed by atoms with Gasteiger partial charge in [-0.05, 0) is 74.1 Å². The van der Waals surface area contributed by atoms with Crippen molar-refractivity contribution in [2.24, 2.45) is 28.6 Å². The highest BCUT2D eigenvalue weighted by Crippen LogP contribution is 2.65. The highest BCUT2D eigenvalue weighted by Gasteiger charge is 2.57. The van der Waals surface area contributed by atoms with Crippen LogP contribution in [0, 0.1) is 28.6 Å². The number of carbonyl (C=O) groups excluding carboxylic acids is 1. The molecule has 0 radical (unpaired) electrons. The average Bonchev–Trinajstić information content (AvgIpc) is 2.86. The van der Waals surface area contributed by atoms with Crippen molar-refractivity contribution in [1.82, 2.24) is 0 Å². The molecule has 2 bridgehead atoms.